The first-order valence-electron chi connectivity index (χ1n) is 18.0. The summed E-state index contributed by atoms with van der Waals surface area (Å²) in [6.07, 6.45) is -6.89. The SMILES string of the molecule is CC(C)(C)CC(C)(C)NO/C=N\Nc1nc(C(F)(F)F)nc2ccccc12.Cc1ccc(OCCCNC(=O)NNc2nc(C(F)(F)F)nc3ccccc23)c(C)c1. The molecule has 0 fully saturated rings. The third kappa shape index (κ3) is 13.9. The summed E-state index contributed by atoms with van der Waals surface area (Å²) in [5.74, 6) is -1.94. The summed E-state index contributed by atoms with van der Waals surface area (Å²) in [7, 11) is 0. The molecule has 5 rings (SSSR count). The number of amides is 2. The van der Waals surface area contributed by atoms with Gasteiger partial charge in [0.2, 0.25) is 18.0 Å². The van der Waals surface area contributed by atoms with Crippen molar-refractivity contribution < 1.29 is 40.7 Å². The minimum Gasteiger partial charge on any atom is -0.493 e. The molecule has 3 aromatic carbocycles. The zero-order valence-corrected chi connectivity index (χ0v) is 33.0. The summed E-state index contributed by atoms with van der Waals surface area (Å²) in [5, 5.41) is 7.16. The molecular formula is C39H46F6N10O3. The number of nitrogens with zero attached hydrogens (tertiary/aromatic N) is 5. The number of alkyl halides is 6. The number of carbonyl (C=O) groups excluding carboxylic acids is 1. The maximum atomic E-state index is 13.0. The monoisotopic (exact) mass is 816 g/mol. The van der Waals surface area contributed by atoms with Crippen molar-refractivity contribution in [2.24, 2.45) is 10.5 Å². The van der Waals surface area contributed by atoms with Gasteiger partial charge in [-0.25, -0.2) is 24.7 Å². The molecule has 2 amide bonds. The molecule has 2 aromatic heterocycles. The molecule has 58 heavy (non-hydrogen) atoms. The zero-order chi connectivity index (χ0) is 42.7. The number of urea groups is 1. The Morgan fingerprint density at radius 1 is 0.776 bits per heavy atom. The van der Waals surface area contributed by atoms with Gasteiger partial charge in [0.15, 0.2) is 11.6 Å². The van der Waals surface area contributed by atoms with Crippen molar-refractivity contribution in [3.63, 3.8) is 0 Å². The number of aromatic nitrogens is 4. The Morgan fingerprint density at radius 2 is 1.34 bits per heavy atom. The summed E-state index contributed by atoms with van der Waals surface area (Å²) < 4.78 is 83.7. The van der Waals surface area contributed by atoms with E-state index in [1.54, 1.807) is 36.4 Å². The summed E-state index contributed by atoms with van der Waals surface area (Å²) in [5.41, 5.74) is 12.3. The third-order valence-electron chi connectivity index (χ3n) is 7.79. The van der Waals surface area contributed by atoms with Gasteiger partial charge in [-0.05, 0) is 81.8 Å². The number of benzene rings is 3. The van der Waals surface area contributed by atoms with Crippen molar-refractivity contribution in [2.45, 2.75) is 79.2 Å². The average molecular weight is 817 g/mol. The highest BCUT2D eigenvalue weighted by Crippen LogP contribution is 2.32. The first-order chi connectivity index (χ1) is 27.1. The van der Waals surface area contributed by atoms with Crippen LogP contribution < -0.4 is 31.8 Å². The van der Waals surface area contributed by atoms with Crippen molar-refractivity contribution in [3.05, 3.63) is 89.5 Å². The van der Waals surface area contributed by atoms with Crippen LogP contribution in [-0.2, 0) is 17.2 Å². The first-order valence-corrected chi connectivity index (χ1v) is 18.0. The topological polar surface area (TPSA) is 160 Å². The summed E-state index contributed by atoms with van der Waals surface area (Å²) in [6, 6.07) is 17.8. The predicted octanol–water partition coefficient (Wildman–Crippen LogP) is 9.10. The molecule has 0 aliphatic rings. The number of ether oxygens (including phenoxy) is 1. The smallest absolute Gasteiger partial charge is 0.451 e. The molecular weight excluding hydrogens is 770 g/mol. The summed E-state index contributed by atoms with van der Waals surface area (Å²) in [4.78, 5) is 31.3. The number of hydrazone groups is 1. The fraction of sp³-hybridized carbons (Fsp3) is 0.385. The highest BCUT2D eigenvalue weighted by molar-refractivity contribution is 5.90. The van der Waals surface area contributed by atoms with Gasteiger partial charge in [0.05, 0.1) is 17.6 Å². The maximum Gasteiger partial charge on any atom is 0.451 e. The molecule has 0 aliphatic heterocycles. The number of hydrazine groups is 1. The van der Waals surface area contributed by atoms with E-state index in [2.05, 4.69) is 72.9 Å². The highest BCUT2D eigenvalue weighted by Gasteiger charge is 2.36. The van der Waals surface area contributed by atoms with Crippen molar-refractivity contribution in [1.29, 1.82) is 0 Å². The van der Waals surface area contributed by atoms with Gasteiger partial charge in [-0.3, -0.25) is 16.3 Å². The van der Waals surface area contributed by atoms with E-state index in [4.69, 9.17) is 9.57 Å². The van der Waals surface area contributed by atoms with Crippen LogP contribution in [0.4, 0.5) is 42.8 Å². The molecule has 0 saturated heterocycles. The summed E-state index contributed by atoms with van der Waals surface area (Å²) in [6.45, 7) is 15.0. The van der Waals surface area contributed by atoms with E-state index >= 15 is 0 Å². The number of hydroxylamine groups is 1. The summed E-state index contributed by atoms with van der Waals surface area (Å²) >= 11 is 0. The lowest BCUT2D eigenvalue weighted by atomic mass is 9.82. The molecule has 2 heterocycles. The van der Waals surface area contributed by atoms with Crippen molar-refractivity contribution >= 4 is 45.9 Å². The Bertz CT molecular complexity index is 2190. The van der Waals surface area contributed by atoms with E-state index in [0.29, 0.717) is 30.3 Å². The van der Waals surface area contributed by atoms with E-state index in [-0.39, 0.29) is 33.6 Å². The van der Waals surface area contributed by atoms with Crippen LogP contribution in [0, 0.1) is 19.3 Å². The van der Waals surface area contributed by atoms with Gasteiger partial charge < -0.3 is 14.9 Å². The van der Waals surface area contributed by atoms with Crippen LogP contribution >= 0.6 is 0 Å². The molecule has 0 radical (unpaired) electrons. The van der Waals surface area contributed by atoms with Crippen LogP contribution in [0.25, 0.3) is 21.8 Å². The van der Waals surface area contributed by atoms with Crippen LogP contribution in [0.3, 0.4) is 0 Å². The van der Waals surface area contributed by atoms with Gasteiger partial charge in [-0.1, -0.05) is 62.7 Å². The average Bonchev–Trinajstić information content (AvgIpc) is 3.12. The highest BCUT2D eigenvalue weighted by atomic mass is 19.4. The minimum absolute atomic E-state index is 0.0540. The van der Waals surface area contributed by atoms with Crippen molar-refractivity contribution in [1.82, 2.24) is 36.2 Å². The normalized spacial score (nSPS) is 12.2. The van der Waals surface area contributed by atoms with Gasteiger partial charge in [0.25, 0.3) is 0 Å². The Balaban J connectivity index is 0.000000259. The van der Waals surface area contributed by atoms with Gasteiger partial charge in [0.1, 0.15) is 5.75 Å². The van der Waals surface area contributed by atoms with Crippen molar-refractivity contribution in [3.8, 4) is 5.75 Å². The number of anilines is 2. The van der Waals surface area contributed by atoms with Gasteiger partial charge in [-0.15, -0.1) is 10.6 Å². The lowest BCUT2D eigenvalue weighted by Crippen LogP contribution is -2.42. The fourth-order valence-electron chi connectivity index (χ4n) is 5.83. The lowest BCUT2D eigenvalue weighted by Gasteiger charge is -2.31. The third-order valence-corrected chi connectivity index (χ3v) is 7.79. The number of carbonyl (C=O) groups is 1. The van der Waals surface area contributed by atoms with Gasteiger partial charge >= 0.3 is 18.4 Å². The molecule has 5 aromatic rings. The van der Waals surface area contributed by atoms with E-state index in [0.717, 1.165) is 29.7 Å². The molecule has 0 bridgehead atoms. The van der Waals surface area contributed by atoms with Gasteiger partial charge in [-0.2, -0.15) is 26.3 Å². The number of para-hydroxylation sites is 2. The van der Waals surface area contributed by atoms with Crippen molar-refractivity contribution in [2.75, 3.05) is 24.0 Å². The Labute approximate surface area is 331 Å². The number of rotatable bonds is 13. The molecule has 0 aliphatic carbocycles. The first kappa shape index (κ1) is 44.7. The number of aryl methyl sites for hydroxylation is 2. The van der Waals surface area contributed by atoms with Crippen LogP contribution in [0.5, 0.6) is 5.75 Å². The molecule has 0 atom stereocenters. The molecule has 19 heteroatoms. The number of nitrogens with one attached hydrogen (secondary N) is 5. The van der Waals surface area contributed by atoms with E-state index in [9.17, 15) is 31.1 Å². The lowest BCUT2D eigenvalue weighted by molar-refractivity contribution is -0.145. The molecule has 5 N–H and O–H groups in total. The molecule has 13 nitrogen and oxygen atoms in total. The fourth-order valence-corrected chi connectivity index (χ4v) is 5.83. The second kappa shape index (κ2) is 19.0. The van der Waals surface area contributed by atoms with E-state index in [1.165, 1.54) is 12.1 Å². The van der Waals surface area contributed by atoms with E-state index < -0.39 is 30.0 Å². The minimum atomic E-state index is -4.71. The Kier molecular flexibility index (Phi) is 14.6. The van der Waals surface area contributed by atoms with Crippen LogP contribution in [0.15, 0.2) is 71.8 Å². The quantitative estimate of drug-likeness (QED) is 0.0255. The maximum absolute atomic E-state index is 13.0. The van der Waals surface area contributed by atoms with Gasteiger partial charge in [0, 0.05) is 22.9 Å². The zero-order valence-electron chi connectivity index (χ0n) is 33.0. The van der Waals surface area contributed by atoms with Crippen LogP contribution in [0.2, 0.25) is 0 Å². The Hall–Kier alpha value is -5.98. The number of fused-ring (bicyclic) bond motifs is 2. The largest absolute Gasteiger partial charge is 0.493 e. The number of hydrogen-bond acceptors (Lipinski definition) is 11. The standard InChI is InChI=1S/C21H22F3N5O2.C18H24F3N5O/c1-13-8-9-17(14(2)12-13)31-11-5-10-25-20(30)29-28-18-15-6-3-4-7-16(15)26-19(27-18)21(22,23)24;1-16(2,3)10-17(4,5)26-27-11-22-25-14-12-8-6-7-9-13(12)23-15(24-14)18(19,20)21/h3-4,6-9,12H,5,10-11H2,1-2H3,(H2,25,29,30)(H,26,27,28);6-9,11,26H,10H2,1-5H3,(H,23,24,25)/b;22-11-. The molecule has 0 spiro atoms. The molecule has 0 saturated carbocycles. The predicted molar refractivity (Wildman–Crippen MR) is 210 cm³/mol. The number of hydrogen-bond donors (Lipinski definition) is 5. The Morgan fingerprint density at radius 3 is 1.91 bits per heavy atom. The van der Waals surface area contributed by atoms with E-state index in [1.807, 2.05) is 45.9 Å². The molecule has 312 valence electrons. The molecule has 0 unspecified atom stereocenters. The number of halogens is 6. The second-order valence-corrected chi connectivity index (χ2v) is 15.0. The van der Waals surface area contributed by atoms with Crippen LogP contribution in [0.1, 0.15) is 70.2 Å². The van der Waals surface area contributed by atoms with Crippen LogP contribution in [-0.4, -0.2) is 51.1 Å². The second-order valence-electron chi connectivity index (χ2n) is 15.0.